The molecular formula is C14H11BrClN5. The summed E-state index contributed by atoms with van der Waals surface area (Å²) < 4.78 is 2.58. The first kappa shape index (κ1) is 14.0. The van der Waals surface area contributed by atoms with E-state index < -0.39 is 0 Å². The Morgan fingerprint density at radius 1 is 1.24 bits per heavy atom. The fourth-order valence-corrected chi connectivity index (χ4v) is 2.73. The first-order valence-electron chi connectivity index (χ1n) is 6.17. The van der Waals surface area contributed by atoms with E-state index in [1.54, 1.807) is 16.8 Å². The molecule has 0 atom stereocenters. The molecule has 0 saturated carbocycles. The quantitative estimate of drug-likeness (QED) is 0.705. The fourth-order valence-electron chi connectivity index (χ4n) is 2.03. The molecule has 0 saturated heterocycles. The number of tetrazole rings is 1. The number of nitrogen functional groups attached to an aromatic ring is 1. The molecule has 1 heterocycles. The smallest absolute Gasteiger partial charge is 0.188 e. The third-order valence-electron chi connectivity index (χ3n) is 3.10. The number of nitrogens with two attached hydrogens (primary N) is 1. The third kappa shape index (κ3) is 2.52. The van der Waals surface area contributed by atoms with Crippen LogP contribution in [0.15, 0.2) is 40.9 Å². The molecule has 0 fully saturated rings. The molecule has 0 bridgehead atoms. The summed E-state index contributed by atoms with van der Waals surface area (Å²) in [6.07, 6.45) is 0. The maximum atomic E-state index is 6.25. The molecule has 21 heavy (non-hydrogen) atoms. The van der Waals surface area contributed by atoms with Gasteiger partial charge in [-0.1, -0.05) is 23.7 Å². The third-order valence-corrected chi connectivity index (χ3v) is 4.45. The standard InChI is InChI=1S/C14H11BrClN5/c1-8-3-2-4-12(13(8)15)21-14(18-19-20-21)10-6-5-9(17)7-11(10)16/h2-7H,17H2,1H3. The SMILES string of the molecule is Cc1cccc(-n2nnnc2-c2ccc(N)cc2Cl)c1Br. The van der Waals surface area contributed by atoms with Crippen molar-refractivity contribution < 1.29 is 0 Å². The van der Waals surface area contributed by atoms with E-state index in [0.29, 0.717) is 16.5 Å². The molecule has 0 amide bonds. The van der Waals surface area contributed by atoms with E-state index in [-0.39, 0.29) is 0 Å². The van der Waals surface area contributed by atoms with Gasteiger partial charge >= 0.3 is 0 Å². The summed E-state index contributed by atoms with van der Waals surface area (Å²) >= 11 is 9.82. The van der Waals surface area contributed by atoms with Gasteiger partial charge in [0.2, 0.25) is 0 Å². The zero-order valence-electron chi connectivity index (χ0n) is 11.1. The number of rotatable bonds is 2. The summed E-state index contributed by atoms with van der Waals surface area (Å²) in [5.74, 6) is 0.561. The highest BCUT2D eigenvalue weighted by atomic mass is 79.9. The fraction of sp³-hybridized carbons (Fsp3) is 0.0714. The molecule has 0 aliphatic rings. The Kier molecular flexibility index (Phi) is 3.65. The molecule has 7 heteroatoms. The normalized spacial score (nSPS) is 10.8. The van der Waals surface area contributed by atoms with E-state index in [4.69, 9.17) is 17.3 Å². The van der Waals surface area contributed by atoms with E-state index in [2.05, 4.69) is 31.5 Å². The van der Waals surface area contributed by atoms with Crippen molar-refractivity contribution in [2.24, 2.45) is 0 Å². The van der Waals surface area contributed by atoms with Crippen LogP contribution in [0, 0.1) is 6.92 Å². The molecule has 2 aromatic carbocycles. The lowest BCUT2D eigenvalue weighted by atomic mass is 10.2. The van der Waals surface area contributed by atoms with Crippen molar-refractivity contribution in [1.29, 1.82) is 0 Å². The van der Waals surface area contributed by atoms with Gasteiger partial charge in [-0.05, 0) is 63.1 Å². The van der Waals surface area contributed by atoms with Crippen LogP contribution in [-0.4, -0.2) is 20.2 Å². The minimum Gasteiger partial charge on any atom is -0.399 e. The Hall–Kier alpha value is -1.92. The number of aryl methyl sites for hydroxylation is 1. The maximum Gasteiger partial charge on any atom is 0.188 e. The highest BCUT2D eigenvalue weighted by Crippen LogP contribution is 2.31. The molecule has 106 valence electrons. The minimum atomic E-state index is 0.509. The first-order valence-corrected chi connectivity index (χ1v) is 7.34. The zero-order chi connectivity index (χ0) is 15.0. The lowest BCUT2D eigenvalue weighted by Crippen LogP contribution is -2.02. The number of aromatic nitrogens is 4. The summed E-state index contributed by atoms with van der Waals surface area (Å²) in [5.41, 5.74) is 8.99. The van der Waals surface area contributed by atoms with Crippen molar-refractivity contribution in [3.63, 3.8) is 0 Å². The Balaban J connectivity index is 2.20. The second-order valence-electron chi connectivity index (χ2n) is 4.56. The van der Waals surface area contributed by atoms with Gasteiger partial charge in [0.05, 0.1) is 10.7 Å². The Morgan fingerprint density at radius 2 is 2.05 bits per heavy atom. The monoisotopic (exact) mass is 363 g/mol. The first-order chi connectivity index (χ1) is 10.1. The molecule has 5 nitrogen and oxygen atoms in total. The van der Waals surface area contributed by atoms with Gasteiger partial charge < -0.3 is 5.73 Å². The lowest BCUT2D eigenvalue weighted by molar-refractivity contribution is 0.788. The van der Waals surface area contributed by atoms with E-state index in [0.717, 1.165) is 21.3 Å². The maximum absolute atomic E-state index is 6.25. The van der Waals surface area contributed by atoms with Gasteiger partial charge in [0.15, 0.2) is 5.82 Å². The van der Waals surface area contributed by atoms with Crippen molar-refractivity contribution >= 4 is 33.2 Å². The number of nitrogens with zero attached hydrogens (tertiary/aromatic N) is 4. The Bertz CT molecular complexity index is 815. The van der Waals surface area contributed by atoms with Crippen LogP contribution >= 0.6 is 27.5 Å². The molecular weight excluding hydrogens is 354 g/mol. The highest BCUT2D eigenvalue weighted by molar-refractivity contribution is 9.10. The van der Waals surface area contributed by atoms with Gasteiger partial charge in [0.1, 0.15) is 0 Å². The van der Waals surface area contributed by atoms with Crippen LogP contribution < -0.4 is 5.73 Å². The summed E-state index contributed by atoms with van der Waals surface area (Å²) in [6.45, 7) is 2.01. The van der Waals surface area contributed by atoms with E-state index in [9.17, 15) is 0 Å². The lowest BCUT2D eigenvalue weighted by Gasteiger charge is -2.09. The van der Waals surface area contributed by atoms with E-state index in [1.807, 2.05) is 31.2 Å². The van der Waals surface area contributed by atoms with E-state index in [1.165, 1.54) is 0 Å². The van der Waals surface area contributed by atoms with Crippen molar-refractivity contribution in [1.82, 2.24) is 20.2 Å². The number of anilines is 1. The van der Waals surface area contributed by atoms with Gasteiger partial charge in [-0.3, -0.25) is 0 Å². The summed E-state index contributed by atoms with van der Waals surface area (Å²) in [5, 5.41) is 12.4. The average molecular weight is 365 g/mol. The van der Waals surface area contributed by atoms with Crippen molar-refractivity contribution in [2.45, 2.75) is 6.92 Å². The largest absolute Gasteiger partial charge is 0.399 e. The van der Waals surface area contributed by atoms with Crippen LogP contribution in [0.25, 0.3) is 17.1 Å². The zero-order valence-corrected chi connectivity index (χ0v) is 13.4. The summed E-state index contributed by atoms with van der Waals surface area (Å²) in [7, 11) is 0. The Labute approximate surface area is 134 Å². The number of hydrogen-bond acceptors (Lipinski definition) is 4. The topological polar surface area (TPSA) is 69.6 Å². The summed E-state index contributed by atoms with van der Waals surface area (Å²) in [4.78, 5) is 0. The molecule has 0 aliphatic heterocycles. The number of halogens is 2. The predicted octanol–water partition coefficient (Wildman–Crippen LogP) is 3.64. The molecule has 0 unspecified atom stereocenters. The summed E-state index contributed by atoms with van der Waals surface area (Å²) in [6, 6.07) is 11.2. The number of benzene rings is 2. The molecule has 3 aromatic rings. The predicted molar refractivity (Wildman–Crippen MR) is 86.4 cm³/mol. The van der Waals surface area contributed by atoms with Gasteiger partial charge in [0.25, 0.3) is 0 Å². The van der Waals surface area contributed by atoms with Crippen LogP contribution in [0.3, 0.4) is 0 Å². The second kappa shape index (κ2) is 5.46. The molecule has 0 radical (unpaired) electrons. The van der Waals surface area contributed by atoms with Gasteiger partial charge in [-0.15, -0.1) is 5.10 Å². The van der Waals surface area contributed by atoms with Crippen molar-refractivity contribution in [3.05, 3.63) is 51.5 Å². The van der Waals surface area contributed by atoms with Crippen LogP contribution in [-0.2, 0) is 0 Å². The average Bonchev–Trinajstić information content (AvgIpc) is 2.91. The second-order valence-corrected chi connectivity index (χ2v) is 5.76. The molecule has 0 spiro atoms. The molecule has 1 aromatic heterocycles. The van der Waals surface area contributed by atoms with Crippen LogP contribution in [0.5, 0.6) is 0 Å². The van der Waals surface area contributed by atoms with Crippen molar-refractivity contribution in [2.75, 3.05) is 5.73 Å². The Morgan fingerprint density at radius 3 is 2.81 bits per heavy atom. The van der Waals surface area contributed by atoms with Crippen LogP contribution in [0.4, 0.5) is 5.69 Å². The van der Waals surface area contributed by atoms with Gasteiger partial charge in [0, 0.05) is 15.7 Å². The van der Waals surface area contributed by atoms with Gasteiger partial charge in [-0.25, -0.2) is 0 Å². The van der Waals surface area contributed by atoms with Crippen LogP contribution in [0.2, 0.25) is 5.02 Å². The number of hydrogen-bond donors (Lipinski definition) is 1. The van der Waals surface area contributed by atoms with Crippen molar-refractivity contribution in [3.8, 4) is 17.1 Å². The molecule has 3 rings (SSSR count). The highest BCUT2D eigenvalue weighted by Gasteiger charge is 2.16. The van der Waals surface area contributed by atoms with Gasteiger partial charge in [-0.2, -0.15) is 4.68 Å². The van der Waals surface area contributed by atoms with E-state index >= 15 is 0 Å². The van der Waals surface area contributed by atoms with Crippen LogP contribution in [0.1, 0.15) is 5.56 Å². The minimum absolute atomic E-state index is 0.509. The molecule has 0 aliphatic carbocycles. The molecule has 2 N–H and O–H groups in total.